The van der Waals surface area contributed by atoms with Gasteiger partial charge in [-0.1, -0.05) is 79.7 Å². The van der Waals surface area contributed by atoms with E-state index in [-0.39, 0.29) is 28.9 Å². The maximum Gasteiger partial charge on any atom is 0.119 e. The lowest BCUT2D eigenvalue weighted by Crippen LogP contribution is -2.00. The van der Waals surface area contributed by atoms with Gasteiger partial charge in [0.1, 0.15) is 23.0 Å². The molecule has 0 spiro atoms. The van der Waals surface area contributed by atoms with Crippen LogP contribution in [0.25, 0.3) is 0 Å². The highest BCUT2D eigenvalue weighted by Gasteiger charge is 2.17. The average molecular weight is 429 g/mol. The van der Waals surface area contributed by atoms with Crippen LogP contribution in [0.1, 0.15) is 41.5 Å². The summed E-state index contributed by atoms with van der Waals surface area (Å²) in [6, 6.07) is 28.9. The molecule has 4 aromatic carbocycles. The van der Waals surface area contributed by atoms with Gasteiger partial charge in [0.2, 0.25) is 0 Å². The van der Waals surface area contributed by atoms with Crippen molar-refractivity contribution in [1.29, 1.82) is 0 Å². The maximum atomic E-state index is 9.88. The first-order valence-electron chi connectivity index (χ1n) is 10.6. The van der Waals surface area contributed by atoms with Gasteiger partial charge in [-0.3, -0.25) is 0 Å². The fourth-order valence-corrected chi connectivity index (χ4v) is 3.70. The molecule has 4 nitrogen and oxygen atoms in total. The van der Waals surface area contributed by atoms with E-state index >= 15 is 0 Å². The van der Waals surface area contributed by atoms with Crippen molar-refractivity contribution in [2.24, 2.45) is 0 Å². The van der Waals surface area contributed by atoms with Crippen LogP contribution in [-0.2, 0) is 6.42 Å². The molecule has 4 heteroatoms. The van der Waals surface area contributed by atoms with E-state index in [1.54, 1.807) is 48.5 Å². The van der Waals surface area contributed by atoms with Crippen LogP contribution in [0.3, 0.4) is 0 Å². The van der Waals surface area contributed by atoms with Crippen LogP contribution < -0.4 is 0 Å². The molecule has 0 fully saturated rings. The van der Waals surface area contributed by atoms with E-state index < -0.39 is 0 Å². The number of para-hydroxylation sites is 4. The molecule has 0 saturated carbocycles. The van der Waals surface area contributed by atoms with Gasteiger partial charge in [0, 0.05) is 23.5 Å². The largest absolute Gasteiger partial charge is 0.508 e. The van der Waals surface area contributed by atoms with Gasteiger partial charge >= 0.3 is 0 Å². The smallest absolute Gasteiger partial charge is 0.119 e. The van der Waals surface area contributed by atoms with Crippen molar-refractivity contribution in [3.63, 3.8) is 0 Å². The predicted octanol–water partition coefficient (Wildman–Crippen LogP) is 6.33. The SMILES string of the molecule is CCC(c1ccccc1O)c1ccccc1O.Oc1ccccc1Cc1ccccc1O. The summed E-state index contributed by atoms with van der Waals surface area (Å²) in [6.45, 7) is 2.05. The van der Waals surface area contributed by atoms with E-state index in [4.69, 9.17) is 0 Å². The highest BCUT2D eigenvalue weighted by molar-refractivity contribution is 5.46. The van der Waals surface area contributed by atoms with Gasteiger partial charge in [0.15, 0.2) is 0 Å². The van der Waals surface area contributed by atoms with Crippen molar-refractivity contribution < 1.29 is 20.4 Å². The molecule has 4 aromatic rings. The molecule has 0 amide bonds. The zero-order chi connectivity index (χ0) is 22.9. The zero-order valence-electron chi connectivity index (χ0n) is 18.0. The lowest BCUT2D eigenvalue weighted by atomic mass is 9.88. The van der Waals surface area contributed by atoms with Crippen molar-refractivity contribution >= 4 is 0 Å². The first kappa shape index (κ1) is 22.8. The van der Waals surface area contributed by atoms with Crippen molar-refractivity contribution in [1.82, 2.24) is 0 Å². The van der Waals surface area contributed by atoms with Crippen molar-refractivity contribution in [3.8, 4) is 23.0 Å². The summed E-state index contributed by atoms with van der Waals surface area (Å²) in [5.74, 6) is 1.11. The van der Waals surface area contributed by atoms with Gasteiger partial charge in [0.25, 0.3) is 0 Å². The van der Waals surface area contributed by atoms with Gasteiger partial charge < -0.3 is 20.4 Å². The molecule has 0 atom stereocenters. The third kappa shape index (κ3) is 5.61. The molecule has 4 N–H and O–H groups in total. The first-order chi connectivity index (χ1) is 15.5. The molecule has 0 radical (unpaired) electrons. The Bertz CT molecular complexity index is 1060. The van der Waals surface area contributed by atoms with E-state index in [0.29, 0.717) is 6.42 Å². The number of hydrogen-bond acceptors (Lipinski definition) is 4. The molecule has 0 bridgehead atoms. The second-order valence-corrected chi connectivity index (χ2v) is 7.51. The number of phenolic OH excluding ortho intramolecular Hbond substituents is 4. The topological polar surface area (TPSA) is 80.9 Å². The van der Waals surface area contributed by atoms with E-state index in [2.05, 4.69) is 0 Å². The fraction of sp³-hybridized carbons (Fsp3) is 0.143. The van der Waals surface area contributed by atoms with E-state index in [1.807, 2.05) is 55.5 Å². The Morgan fingerprint density at radius 1 is 0.500 bits per heavy atom. The number of hydrogen-bond donors (Lipinski definition) is 4. The highest BCUT2D eigenvalue weighted by atomic mass is 16.3. The minimum Gasteiger partial charge on any atom is -0.508 e. The molecule has 32 heavy (non-hydrogen) atoms. The third-order valence-corrected chi connectivity index (χ3v) is 5.40. The molecule has 0 aromatic heterocycles. The Labute approximate surface area is 188 Å². The Morgan fingerprint density at radius 3 is 1.19 bits per heavy atom. The Balaban J connectivity index is 0.000000182. The van der Waals surface area contributed by atoms with Crippen molar-refractivity contribution in [2.75, 3.05) is 0 Å². The molecule has 0 heterocycles. The fourth-order valence-electron chi connectivity index (χ4n) is 3.70. The van der Waals surface area contributed by atoms with Gasteiger partial charge in [0.05, 0.1) is 0 Å². The molecule has 0 aliphatic carbocycles. The summed E-state index contributed by atoms with van der Waals surface area (Å²) in [5, 5.41) is 38.9. The molecule has 0 saturated heterocycles. The van der Waals surface area contributed by atoms with Crippen molar-refractivity contribution in [3.05, 3.63) is 119 Å². The van der Waals surface area contributed by atoms with Crippen molar-refractivity contribution in [2.45, 2.75) is 25.7 Å². The monoisotopic (exact) mass is 428 g/mol. The van der Waals surface area contributed by atoms with Gasteiger partial charge in [-0.15, -0.1) is 0 Å². The first-order valence-corrected chi connectivity index (χ1v) is 10.6. The standard InChI is InChI=1S/C15H16O2.C13H12O2/c1-2-11(12-7-3-5-9-14(12)16)13-8-4-6-10-15(13)17;14-12-7-3-1-5-10(12)9-11-6-2-4-8-13(11)15/h3-11,16-17H,2H2,1H3;1-8,14-15H,9H2. The molecule has 0 aliphatic heterocycles. The normalized spacial score (nSPS) is 10.4. The van der Waals surface area contributed by atoms with Gasteiger partial charge in [-0.2, -0.15) is 0 Å². The minimum absolute atomic E-state index is 0.0254. The molecule has 164 valence electrons. The number of aromatic hydroxyl groups is 4. The number of rotatable bonds is 5. The second-order valence-electron chi connectivity index (χ2n) is 7.51. The summed E-state index contributed by atoms with van der Waals surface area (Å²) >= 11 is 0. The Hall–Kier alpha value is -3.92. The summed E-state index contributed by atoms with van der Waals surface area (Å²) in [4.78, 5) is 0. The van der Waals surface area contributed by atoms with Gasteiger partial charge in [-0.25, -0.2) is 0 Å². The average Bonchev–Trinajstić information content (AvgIpc) is 2.80. The van der Waals surface area contributed by atoms with Crippen LogP contribution >= 0.6 is 0 Å². The quantitative estimate of drug-likeness (QED) is 0.299. The highest BCUT2D eigenvalue weighted by Crippen LogP contribution is 2.37. The van der Waals surface area contributed by atoms with Crippen LogP contribution in [0, 0.1) is 0 Å². The minimum atomic E-state index is 0.0254. The number of phenols is 4. The van der Waals surface area contributed by atoms with Gasteiger partial charge in [-0.05, 0) is 41.8 Å². The van der Waals surface area contributed by atoms with E-state index in [0.717, 1.165) is 28.7 Å². The van der Waals surface area contributed by atoms with Crippen LogP contribution in [0.15, 0.2) is 97.1 Å². The van der Waals surface area contributed by atoms with Crippen LogP contribution in [-0.4, -0.2) is 20.4 Å². The van der Waals surface area contributed by atoms with Crippen LogP contribution in [0.4, 0.5) is 0 Å². The summed E-state index contributed by atoms with van der Waals surface area (Å²) in [6.07, 6.45) is 1.37. The molecular weight excluding hydrogens is 400 g/mol. The molecule has 0 unspecified atom stereocenters. The second kappa shape index (κ2) is 10.9. The Kier molecular flexibility index (Phi) is 7.76. The molecular formula is C28H28O4. The zero-order valence-corrected chi connectivity index (χ0v) is 18.0. The lowest BCUT2D eigenvalue weighted by Gasteiger charge is -2.18. The third-order valence-electron chi connectivity index (χ3n) is 5.40. The van der Waals surface area contributed by atoms with Crippen LogP contribution in [0.2, 0.25) is 0 Å². The maximum absolute atomic E-state index is 9.88. The number of benzene rings is 4. The van der Waals surface area contributed by atoms with E-state index in [9.17, 15) is 20.4 Å². The summed E-state index contributed by atoms with van der Waals surface area (Å²) in [7, 11) is 0. The molecule has 0 aliphatic rings. The summed E-state index contributed by atoms with van der Waals surface area (Å²) < 4.78 is 0. The summed E-state index contributed by atoms with van der Waals surface area (Å²) in [5.41, 5.74) is 3.35. The predicted molar refractivity (Wildman–Crippen MR) is 127 cm³/mol. The molecule has 4 rings (SSSR count). The Morgan fingerprint density at radius 2 is 0.844 bits per heavy atom. The van der Waals surface area contributed by atoms with E-state index in [1.165, 1.54) is 0 Å². The van der Waals surface area contributed by atoms with Crippen LogP contribution in [0.5, 0.6) is 23.0 Å². The lowest BCUT2D eigenvalue weighted by molar-refractivity contribution is 0.452.